The molecule has 2 fully saturated rings. The smallest absolute Gasteiger partial charge is 0.265 e. The van der Waals surface area contributed by atoms with Gasteiger partial charge in [0.2, 0.25) is 0 Å². The molecule has 0 bridgehead atoms. The first-order valence-corrected chi connectivity index (χ1v) is 10.3. The first kappa shape index (κ1) is 21.3. The topological polar surface area (TPSA) is 92.4 Å². The van der Waals surface area contributed by atoms with Gasteiger partial charge in [-0.3, -0.25) is 20.4 Å². The highest BCUT2D eigenvalue weighted by molar-refractivity contribution is 5.94. The first-order valence-electron chi connectivity index (χ1n) is 10.3. The van der Waals surface area contributed by atoms with E-state index in [1.54, 1.807) is 48.5 Å². The number of rotatable bonds is 6. The van der Waals surface area contributed by atoms with E-state index < -0.39 is 0 Å². The summed E-state index contributed by atoms with van der Waals surface area (Å²) < 4.78 is 16.4. The summed E-state index contributed by atoms with van der Waals surface area (Å²) in [6.07, 6.45) is 0. The van der Waals surface area contributed by atoms with Gasteiger partial charge in [-0.15, -0.1) is 0 Å². The second-order valence-corrected chi connectivity index (χ2v) is 7.23. The third kappa shape index (κ3) is 6.02. The molecule has 4 rings (SSSR count). The van der Waals surface area contributed by atoms with E-state index in [1.165, 1.54) is 0 Å². The molecule has 9 heteroatoms. The number of nitrogens with one attached hydrogen (secondary N) is 2. The molecule has 0 atom stereocenters. The van der Waals surface area contributed by atoms with Crippen molar-refractivity contribution in [3.8, 4) is 11.5 Å². The number of benzene rings is 2. The number of hydrogen-bond donors (Lipinski definition) is 2. The zero-order valence-electron chi connectivity index (χ0n) is 17.2. The van der Waals surface area contributed by atoms with Gasteiger partial charge in [-0.1, -0.05) is 0 Å². The Kier molecular flexibility index (Phi) is 7.11. The summed E-state index contributed by atoms with van der Waals surface area (Å²) in [6.45, 7) is 5.14. The van der Waals surface area contributed by atoms with Crippen molar-refractivity contribution in [2.75, 3.05) is 52.6 Å². The second kappa shape index (κ2) is 10.4. The molecular weight excluding hydrogens is 400 g/mol. The van der Waals surface area contributed by atoms with Crippen LogP contribution < -0.4 is 15.6 Å². The average Bonchev–Trinajstić information content (AvgIpc) is 2.81. The highest BCUT2D eigenvalue weighted by atomic mass is 16.5. The Morgan fingerprint density at radius 1 is 0.645 bits per heavy atom. The highest BCUT2D eigenvalue weighted by Crippen LogP contribution is 2.22. The first-order chi connectivity index (χ1) is 15.2. The molecule has 0 radical (unpaired) electrons. The number of nitrogens with zero attached hydrogens (tertiary/aromatic N) is 2. The van der Waals surface area contributed by atoms with Gasteiger partial charge < -0.3 is 14.2 Å². The van der Waals surface area contributed by atoms with Crippen molar-refractivity contribution in [2.24, 2.45) is 0 Å². The summed E-state index contributed by atoms with van der Waals surface area (Å²) in [5.41, 5.74) is 6.85. The normalized spacial score (nSPS) is 17.7. The molecule has 9 nitrogen and oxygen atoms in total. The molecule has 2 heterocycles. The number of amides is 2. The maximum Gasteiger partial charge on any atom is 0.265 e. The Morgan fingerprint density at radius 3 is 1.35 bits per heavy atom. The minimum Gasteiger partial charge on any atom is -0.457 e. The summed E-state index contributed by atoms with van der Waals surface area (Å²) >= 11 is 0. The minimum absolute atomic E-state index is 0.163. The molecular formula is C22H26N4O5. The van der Waals surface area contributed by atoms with Crippen LogP contribution in [0.15, 0.2) is 48.5 Å². The Morgan fingerprint density at radius 2 is 1.00 bits per heavy atom. The summed E-state index contributed by atoms with van der Waals surface area (Å²) in [6, 6.07) is 13.8. The standard InChI is InChI=1S/C22H26N4O5/c27-21(23-25-9-13-29-14-10-25)17-1-5-19(6-2-17)31-20-7-3-18(4-8-20)22(28)24-26-11-15-30-16-12-26/h1-8H,9-16H2,(H,23,27)(H,24,28). The molecule has 2 aromatic carbocycles. The molecule has 31 heavy (non-hydrogen) atoms. The van der Waals surface area contributed by atoms with Crippen LogP contribution in [0, 0.1) is 0 Å². The largest absolute Gasteiger partial charge is 0.457 e. The lowest BCUT2D eigenvalue weighted by molar-refractivity contribution is 0.0123. The van der Waals surface area contributed by atoms with Crippen LogP contribution in [-0.4, -0.2) is 74.4 Å². The fourth-order valence-corrected chi connectivity index (χ4v) is 3.25. The van der Waals surface area contributed by atoms with E-state index >= 15 is 0 Å². The SMILES string of the molecule is O=C(NN1CCOCC1)c1ccc(Oc2ccc(C(=O)NN3CCOCC3)cc2)cc1. The highest BCUT2D eigenvalue weighted by Gasteiger charge is 2.15. The van der Waals surface area contributed by atoms with Gasteiger partial charge in [-0.25, -0.2) is 10.0 Å². The molecule has 2 amide bonds. The number of carbonyl (C=O) groups excluding carboxylic acids is 2. The van der Waals surface area contributed by atoms with Crippen molar-refractivity contribution >= 4 is 11.8 Å². The summed E-state index contributed by atoms with van der Waals surface area (Å²) in [5, 5.41) is 3.71. The zero-order valence-corrected chi connectivity index (χ0v) is 17.2. The molecule has 164 valence electrons. The van der Waals surface area contributed by atoms with Crippen molar-refractivity contribution in [3.05, 3.63) is 59.7 Å². The van der Waals surface area contributed by atoms with Crippen LogP contribution in [0.5, 0.6) is 11.5 Å². The summed E-state index contributed by atoms with van der Waals surface area (Å²) in [7, 11) is 0. The molecule has 0 saturated carbocycles. The Bertz CT molecular complexity index is 802. The van der Waals surface area contributed by atoms with Gasteiger partial charge in [0.25, 0.3) is 11.8 Å². The van der Waals surface area contributed by atoms with Gasteiger partial charge in [0.15, 0.2) is 0 Å². The van der Waals surface area contributed by atoms with Gasteiger partial charge in [0.05, 0.1) is 26.4 Å². The van der Waals surface area contributed by atoms with Crippen LogP contribution in [0.1, 0.15) is 20.7 Å². The third-order valence-corrected chi connectivity index (χ3v) is 5.01. The monoisotopic (exact) mass is 426 g/mol. The van der Waals surface area contributed by atoms with Crippen LogP contribution in [0.25, 0.3) is 0 Å². The fraction of sp³-hybridized carbons (Fsp3) is 0.364. The van der Waals surface area contributed by atoms with Crippen LogP contribution >= 0.6 is 0 Å². The van der Waals surface area contributed by atoms with Gasteiger partial charge in [0.1, 0.15) is 11.5 Å². The van der Waals surface area contributed by atoms with E-state index in [0.717, 1.165) is 0 Å². The molecule has 0 spiro atoms. The lowest BCUT2D eigenvalue weighted by Crippen LogP contribution is -2.48. The maximum atomic E-state index is 12.3. The lowest BCUT2D eigenvalue weighted by atomic mass is 10.2. The summed E-state index contributed by atoms with van der Waals surface area (Å²) in [5.74, 6) is 0.884. The second-order valence-electron chi connectivity index (χ2n) is 7.23. The van der Waals surface area contributed by atoms with Crippen molar-refractivity contribution in [2.45, 2.75) is 0 Å². The fourth-order valence-electron chi connectivity index (χ4n) is 3.25. The van der Waals surface area contributed by atoms with Crippen LogP contribution in [0.2, 0.25) is 0 Å². The third-order valence-electron chi connectivity index (χ3n) is 5.01. The predicted octanol–water partition coefficient (Wildman–Crippen LogP) is 1.43. The molecule has 2 aromatic rings. The number of morpholine rings is 2. The minimum atomic E-state index is -0.163. The zero-order chi connectivity index (χ0) is 21.5. The molecule has 2 saturated heterocycles. The van der Waals surface area contributed by atoms with E-state index in [-0.39, 0.29) is 11.8 Å². The van der Waals surface area contributed by atoms with Crippen LogP contribution in [-0.2, 0) is 9.47 Å². The van der Waals surface area contributed by atoms with E-state index in [4.69, 9.17) is 14.2 Å². The Balaban J connectivity index is 1.29. The Hall–Kier alpha value is -2.98. The van der Waals surface area contributed by atoms with E-state index in [2.05, 4.69) is 10.9 Å². The average molecular weight is 426 g/mol. The lowest BCUT2D eigenvalue weighted by Gasteiger charge is -2.26. The number of ether oxygens (including phenoxy) is 3. The molecule has 0 unspecified atom stereocenters. The summed E-state index contributed by atoms with van der Waals surface area (Å²) in [4.78, 5) is 24.7. The number of carbonyl (C=O) groups is 2. The maximum absolute atomic E-state index is 12.3. The van der Waals surface area contributed by atoms with Crippen molar-refractivity contribution in [3.63, 3.8) is 0 Å². The molecule has 2 N–H and O–H groups in total. The molecule has 2 aliphatic heterocycles. The quantitative estimate of drug-likeness (QED) is 0.722. The van der Waals surface area contributed by atoms with Crippen LogP contribution in [0.3, 0.4) is 0 Å². The predicted molar refractivity (Wildman–Crippen MR) is 113 cm³/mol. The molecule has 0 aliphatic carbocycles. The molecule has 0 aromatic heterocycles. The van der Waals surface area contributed by atoms with E-state index in [9.17, 15) is 9.59 Å². The van der Waals surface area contributed by atoms with Gasteiger partial charge >= 0.3 is 0 Å². The van der Waals surface area contributed by atoms with Gasteiger partial charge in [0, 0.05) is 37.3 Å². The van der Waals surface area contributed by atoms with E-state index in [1.807, 2.05) is 10.0 Å². The van der Waals surface area contributed by atoms with E-state index in [0.29, 0.717) is 75.2 Å². The van der Waals surface area contributed by atoms with Gasteiger partial charge in [-0.05, 0) is 48.5 Å². The Labute approximate surface area is 180 Å². The number of hydrazine groups is 2. The van der Waals surface area contributed by atoms with Crippen molar-refractivity contribution < 1.29 is 23.8 Å². The number of hydrogen-bond acceptors (Lipinski definition) is 7. The van der Waals surface area contributed by atoms with Crippen LogP contribution in [0.4, 0.5) is 0 Å². The van der Waals surface area contributed by atoms with Crippen molar-refractivity contribution in [1.29, 1.82) is 0 Å². The van der Waals surface area contributed by atoms with Crippen molar-refractivity contribution in [1.82, 2.24) is 20.9 Å². The van der Waals surface area contributed by atoms with Gasteiger partial charge in [-0.2, -0.15) is 0 Å². The molecule has 2 aliphatic rings.